The normalized spacial score (nSPS) is 14.0. The minimum atomic E-state index is -0.534. The van der Waals surface area contributed by atoms with Gasteiger partial charge in [0.2, 0.25) is 0 Å². The molecule has 0 radical (unpaired) electrons. The molecule has 0 N–H and O–H groups in total. The largest absolute Gasteiger partial charge is 0.494 e. The van der Waals surface area contributed by atoms with Crippen LogP contribution in [0.2, 0.25) is 0 Å². The standard InChI is InChI=1S/C21H21FN4O2/c1-14-9-24-20(26(14)11-15-4-3-7-23-10-15)17-12-25(13-17)21(27)16-5-6-19(28-2)18(22)8-16/h3-10,17H,11-13H2,1-2H3. The van der Waals surface area contributed by atoms with Gasteiger partial charge in [-0.1, -0.05) is 6.07 Å². The summed E-state index contributed by atoms with van der Waals surface area (Å²) in [4.78, 5) is 23.1. The van der Waals surface area contributed by atoms with Gasteiger partial charge in [0.05, 0.1) is 19.6 Å². The molecule has 0 atom stereocenters. The van der Waals surface area contributed by atoms with E-state index < -0.39 is 5.82 Å². The highest BCUT2D eigenvalue weighted by Crippen LogP contribution is 2.29. The van der Waals surface area contributed by atoms with Gasteiger partial charge >= 0.3 is 0 Å². The summed E-state index contributed by atoms with van der Waals surface area (Å²) in [5.41, 5.74) is 2.50. The third-order valence-electron chi connectivity index (χ3n) is 5.08. The van der Waals surface area contributed by atoms with Crippen molar-refractivity contribution in [2.24, 2.45) is 0 Å². The number of methoxy groups -OCH3 is 1. The number of halogens is 1. The topological polar surface area (TPSA) is 60.2 Å². The molecular weight excluding hydrogens is 359 g/mol. The summed E-state index contributed by atoms with van der Waals surface area (Å²) in [6.07, 6.45) is 5.45. The van der Waals surface area contributed by atoms with Crippen molar-refractivity contribution >= 4 is 5.91 Å². The van der Waals surface area contributed by atoms with Gasteiger partial charge in [-0.25, -0.2) is 9.37 Å². The van der Waals surface area contributed by atoms with Crippen molar-refractivity contribution in [3.05, 3.63) is 77.4 Å². The molecule has 0 saturated carbocycles. The number of amides is 1. The molecule has 28 heavy (non-hydrogen) atoms. The Bertz CT molecular complexity index is 997. The van der Waals surface area contributed by atoms with E-state index in [2.05, 4.69) is 14.5 Å². The number of imidazole rings is 1. The van der Waals surface area contributed by atoms with Crippen LogP contribution in [-0.4, -0.2) is 45.5 Å². The summed E-state index contributed by atoms with van der Waals surface area (Å²) in [6.45, 7) is 3.85. The zero-order chi connectivity index (χ0) is 19.7. The Morgan fingerprint density at radius 3 is 2.79 bits per heavy atom. The first kappa shape index (κ1) is 18.2. The summed E-state index contributed by atoms with van der Waals surface area (Å²) in [5, 5.41) is 0. The number of aryl methyl sites for hydroxylation is 1. The molecule has 6 nitrogen and oxygen atoms in total. The van der Waals surface area contributed by atoms with Gasteiger partial charge < -0.3 is 14.2 Å². The van der Waals surface area contributed by atoms with E-state index in [4.69, 9.17) is 4.74 Å². The van der Waals surface area contributed by atoms with Crippen molar-refractivity contribution in [3.63, 3.8) is 0 Å². The molecule has 1 aliphatic heterocycles. The maximum Gasteiger partial charge on any atom is 0.254 e. The number of nitrogens with zero attached hydrogens (tertiary/aromatic N) is 4. The second kappa shape index (κ2) is 7.42. The fourth-order valence-electron chi connectivity index (χ4n) is 3.48. The van der Waals surface area contributed by atoms with Crippen LogP contribution in [0.5, 0.6) is 5.75 Å². The third-order valence-corrected chi connectivity index (χ3v) is 5.08. The summed E-state index contributed by atoms with van der Waals surface area (Å²) in [7, 11) is 1.40. The number of likely N-dealkylation sites (tertiary alicyclic amines) is 1. The number of hydrogen-bond donors (Lipinski definition) is 0. The molecule has 4 rings (SSSR count). The number of carbonyl (C=O) groups is 1. The van der Waals surface area contributed by atoms with Gasteiger partial charge in [0.25, 0.3) is 5.91 Å². The molecule has 1 aliphatic rings. The molecule has 3 aromatic rings. The Morgan fingerprint density at radius 2 is 2.11 bits per heavy atom. The Kier molecular flexibility index (Phi) is 4.81. The van der Waals surface area contributed by atoms with E-state index in [1.54, 1.807) is 17.2 Å². The molecule has 0 spiro atoms. The van der Waals surface area contributed by atoms with Crippen LogP contribution in [0.25, 0.3) is 0 Å². The Balaban J connectivity index is 1.45. The van der Waals surface area contributed by atoms with E-state index in [1.807, 2.05) is 31.5 Å². The van der Waals surface area contributed by atoms with Crippen molar-refractivity contribution in [2.45, 2.75) is 19.4 Å². The second-order valence-corrected chi connectivity index (χ2v) is 6.96. The third kappa shape index (κ3) is 3.35. The van der Waals surface area contributed by atoms with E-state index in [0.717, 1.165) is 17.1 Å². The van der Waals surface area contributed by atoms with Crippen LogP contribution in [-0.2, 0) is 6.54 Å². The van der Waals surface area contributed by atoms with Gasteiger partial charge in [0, 0.05) is 42.9 Å². The predicted molar refractivity (Wildman–Crippen MR) is 102 cm³/mol. The first-order valence-electron chi connectivity index (χ1n) is 9.10. The van der Waals surface area contributed by atoms with Crippen molar-refractivity contribution in [2.75, 3.05) is 20.2 Å². The van der Waals surface area contributed by atoms with Crippen LogP contribution >= 0.6 is 0 Å². The summed E-state index contributed by atoms with van der Waals surface area (Å²) in [5.74, 6) is 0.544. The molecule has 1 aromatic carbocycles. The molecule has 1 amide bonds. The minimum Gasteiger partial charge on any atom is -0.494 e. The van der Waals surface area contributed by atoms with Crippen LogP contribution in [0.15, 0.2) is 48.9 Å². The maximum absolute atomic E-state index is 13.9. The number of pyridine rings is 1. The van der Waals surface area contributed by atoms with E-state index in [-0.39, 0.29) is 17.6 Å². The molecule has 3 heterocycles. The van der Waals surface area contributed by atoms with Crippen molar-refractivity contribution < 1.29 is 13.9 Å². The lowest BCUT2D eigenvalue weighted by Gasteiger charge is -2.39. The minimum absolute atomic E-state index is 0.131. The molecule has 7 heteroatoms. The highest BCUT2D eigenvalue weighted by atomic mass is 19.1. The SMILES string of the molecule is COc1ccc(C(=O)N2CC(c3ncc(C)n3Cc3cccnc3)C2)cc1F. The molecule has 2 aromatic heterocycles. The zero-order valence-corrected chi connectivity index (χ0v) is 15.8. The molecule has 1 saturated heterocycles. The quantitative estimate of drug-likeness (QED) is 0.683. The van der Waals surface area contributed by atoms with Gasteiger partial charge in [0.15, 0.2) is 11.6 Å². The lowest BCUT2D eigenvalue weighted by molar-refractivity contribution is 0.0591. The van der Waals surface area contributed by atoms with Crippen LogP contribution in [0.4, 0.5) is 4.39 Å². The fraction of sp³-hybridized carbons (Fsp3) is 0.286. The molecule has 0 unspecified atom stereocenters. The highest BCUT2D eigenvalue weighted by molar-refractivity contribution is 5.95. The first-order chi connectivity index (χ1) is 13.6. The van der Waals surface area contributed by atoms with Crippen molar-refractivity contribution in [1.29, 1.82) is 0 Å². The molecule has 144 valence electrons. The number of carbonyl (C=O) groups excluding carboxylic acids is 1. The number of benzene rings is 1. The van der Waals surface area contributed by atoms with E-state index in [1.165, 1.54) is 19.2 Å². The second-order valence-electron chi connectivity index (χ2n) is 6.96. The van der Waals surface area contributed by atoms with Gasteiger partial charge in [-0.2, -0.15) is 0 Å². The average Bonchev–Trinajstić information content (AvgIpc) is 3.01. The summed E-state index contributed by atoms with van der Waals surface area (Å²) >= 11 is 0. The summed E-state index contributed by atoms with van der Waals surface area (Å²) in [6, 6.07) is 8.24. The fourth-order valence-corrected chi connectivity index (χ4v) is 3.48. The average molecular weight is 380 g/mol. The van der Waals surface area contributed by atoms with Gasteiger partial charge in [-0.05, 0) is 36.8 Å². The monoisotopic (exact) mass is 380 g/mol. The van der Waals surface area contributed by atoms with Crippen LogP contribution < -0.4 is 4.74 Å². The van der Waals surface area contributed by atoms with Gasteiger partial charge in [-0.15, -0.1) is 0 Å². The van der Waals surface area contributed by atoms with E-state index in [0.29, 0.717) is 25.2 Å². The number of ether oxygens (including phenoxy) is 1. The maximum atomic E-state index is 13.9. The summed E-state index contributed by atoms with van der Waals surface area (Å²) < 4.78 is 21.0. The van der Waals surface area contributed by atoms with Crippen LogP contribution in [0.3, 0.4) is 0 Å². The highest BCUT2D eigenvalue weighted by Gasteiger charge is 2.35. The van der Waals surface area contributed by atoms with Crippen molar-refractivity contribution in [3.8, 4) is 5.75 Å². The first-order valence-corrected chi connectivity index (χ1v) is 9.10. The molecule has 1 fully saturated rings. The number of hydrogen-bond acceptors (Lipinski definition) is 4. The number of rotatable bonds is 5. The zero-order valence-electron chi connectivity index (χ0n) is 15.8. The van der Waals surface area contributed by atoms with Crippen LogP contribution in [0, 0.1) is 12.7 Å². The smallest absolute Gasteiger partial charge is 0.254 e. The Hall–Kier alpha value is -3.22. The van der Waals surface area contributed by atoms with Crippen molar-refractivity contribution in [1.82, 2.24) is 19.4 Å². The van der Waals surface area contributed by atoms with Crippen LogP contribution in [0.1, 0.15) is 33.4 Å². The van der Waals surface area contributed by atoms with E-state index in [9.17, 15) is 9.18 Å². The predicted octanol–water partition coefficient (Wildman–Crippen LogP) is 3.02. The lowest BCUT2D eigenvalue weighted by atomic mass is 9.97. The number of aromatic nitrogens is 3. The van der Waals surface area contributed by atoms with Gasteiger partial charge in [0.1, 0.15) is 5.82 Å². The Morgan fingerprint density at radius 1 is 1.29 bits per heavy atom. The molecular formula is C21H21FN4O2. The lowest BCUT2D eigenvalue weighted by Crippen LogP contribution is -2.49. The molecule has 0 bridgehead atoms. The molecule has 0 aliphatic carbocycles. The Labute approximate surface area is 162 Å². The van der Waals surface area contributed by atoms with Gasteiger partial charge in [-0.3, -0.25) is 9.78 Å². The van der Waals surface area contributed by atoms with E-state index >= 15 is 0 Å².